The molecule has 204 valence electrons. The van der Waals surface area contributed by atoms with E-state index in [-0.39, 0.29) is 34.7 Å². The lowest BCUT2D eigenvalue weighted by molar-refractivity contribution is -0.138. The molecule has 1 amide bonds. The number of nitrogens with zero attached hydrogens (tertiary/aromatic N) is 1. The molecule has 0 saturated heterocycles. The molecule has 1 saturated carbocycles. The van der Waals surface area contributed by atoms with E-state index >= 15 is 0 Å². The number of aliphatic hydroxyl groups is 1. The maximum Gasteiger partial charge on any atom is 0.419 e. The third-order valence-electron chi connectivity index (χ3n) is 6.10. The van der Waals surface area contributed by atoms with E-state index < -0.39 is 30.1 Å². The number of ether oxygens (including phenoxy) is 2. The number of benzene rings is 2. The predicted molar refractivity (Wildman–Crippen MR) is 136 cm³/mol. The Balaban J connectivity index is 0.00000235. The molecule has 0 heterocycles. The number of amides is 1. The van der Waals surface area contributed by atoms with Crippen LogP contribution < -0.4 is 9.64 Å². The molecular formula is C28H36F3NO5. The number of anilines is 1. The van der Waals surface area contributed by atoms with Gasteiger partial charge in [0.2, 0.25) is 5.91 Å². The van der Waals surface area contributed by atoms with Gasteiger partial charge in [0.05, 0.1) is 30.5 Å². The monoisotopic (exact) mass is 523 g/mol. The number of aliphatic hydroxyl groups excluding tert-OH is 1. The van der Waals surface area contributed by atoms with Crippen molar-refractivity contribution in [2.75, 3.05) is 12.0 Å². The molecule has 6 nitrogen and oxygen atoms in total. The summed E-state index contributed by atoms with van der Waals surface area (Å²) in [6, 6.07) is 7.20. The molecule has 0 radical (unpaired) electrons. The van der Waals surface area contributed by atoms with Gasteiger partial charge in [0.1, 0.15) is 11.5 Å². The van der Waals surface area contributed by atoms with Crippen LogP contribution >= 0.6 is 0 Å². The quantitative estimate of drug-likeness (QED) is 0.391. The first kappa shape index (κ1) is 30.2. The Hall–Kier alpha value is -3.07. The van der Waals surface area contributed by atoms with E-state index in [9.17, 15) is 27.9 Å². The van der Waals surface area contributed by atoms with E-state index in [1.807, 2.05) is 27.7 Å². The van der Waals surface area contributed by atoms with Gasteiger partial charge in [-0.3, -0.25) is 4.79 Å². The van der Waals surface area contributed by atoms with Crippen LogP contribution in [0.5, 0.6) is 11.5 Å². The third-order valence-corrected chi connectivity index (χ3v) is 6.10. The average molecular weight is 524 g/mol. The minimum atomic E-state index is -4.72. The summed E-state index contributed by atoms with van der Waals surface area (Å²) in [7, 11) is 1.19. The Bertz CT molecular complexity index is 1060. The minimum absolute atomic E-state index is 0.0170. The first-order valence-electron chi connectivity index (χ1n) is 12.6. The number of halogens is 3. The molecule has 0 aliphatic heterocycles. The van der Waals surface area contributed by atoms with E-state index in [1.54, 1.807) is 4.90 Å². The first-order chi connectivity index (χ1) is 17.6. The van der Waals surface area contributed by atoms with Gasteiger partial charge in [-0.2, -0.15) is 13.2 Å². The fourth-order valence-electron chi connectivity index (χ4n) is 4.37. The van der Waals surface area contributed by atoms with Crippen molar-refractivity contribution in [1.29, 1.82) is 0 Å². The summed E-state index contributed by atoms with van der Waals surface area (Å²) in [5.74, 6) is -1.47. The first-order valence-corrected chi connectivity index (χ1v) is 12.6. The van der Waals surface area contributed by atoms with E-state index in [0.29, 0.717) is 5.69 Å². The molecule has 2 aromatic carbocycles. The second kappa shape index (κ2) is 13.5. The highest BCUT2D eigenvalue weighted by atomic mass is 19.4. The number of carbonyl (C=O) groups is 2. The van der Waals surface area contributed by atoms with Crippen LogP contribution in [0.3, 0.4) is 0 Å². The fourth-order valence-corrected chi connectivity index (χ4v) is 4.37. The molecule has 0 bridgehead atoms. The smallest absolute Gasteiger partial charge is 0.419 e. The van der Waals surface area contributed by atoms with Crippen LogP contribution in [-0.2, 0) is 22.3 Å². The second-order valence-corrected chi connectivity index (χ2v) is 8.90. The van der Waals surface area contributed by atoms with Crippen molar-refractivity contribution >= 4 is 17.6 Å². The van der Waals surface area contributed by atoms with Crippen molar-refractivity contribution in [2.45, 2.75) is 78.6 Å². The standard InChI is InChI=1S/C26H30F3NO5.C2H6/c1-16(2)30(24(32)18-7-5-4-6-8-18)22-11-10-19(14-20(22)25(33)34-3)35-23-12-9-17(15-31)13-21(23)26(27,28)29;1-2/h9-14,16,18,31H,4-8,15H2,1-3H3;1-2H3. The maximum atomic E-state index is 13.6. The zero-order chi connectivity index (χ0) is 27.8. The number of hydrogen-bond donors (Lipinski definition) is 1. The van der Waals surface area contributed by atoms with E-state index in [2.05, 4.69) is 0 Å². The summed E-state index contributed by atoms with van der Waals surface area (Å²) in [4.78, 5) is 27.6. The van der Waals surface area contributed by atoms with Crippen LogP contribution in [0.1, 0.15) is 81.3 Å². The number of esters is 1. The van der Waals surface area contributed by atoms with Gasteiger partial charge in [0, 0.05) is 12.0 Å². The Kier molecular flexibility index (Phi) is 11.0. The Morgan fingerprint density at radius 1 is 1.05 bits per heavy atom. The highest BCUT2D eigenvalue weighted by Gasteiger charge is 2.35. The number of rotatable bonds is 7. The van der Waals surface area contributed by atoms with Crippen LogP contribution in [0, 0.1) is 5.92 Å². The molecule has 3 rings (SSSR count). The van der Waals surface area contributed by atoms with Crippen molar-refractivity contribution in [3.63, 3.8) is 0 Å². The van der Waals surface area contributed by atoms with Crippen LogP contribution in [0.2, 0.25) is 0 Å². The van der Waals surface area contributed by atoms with Crippen molar-refractivity contribution in [3.05, 3.63) is 53.1 Å². The van der Waals surface area contributed by atoms with Gasteiger partial charge in [0.15, 0.2) is 0 Å². The molecule has 1 aliphatic carbocycles. The number of carbonyl (C=O) groups excluding carboxylic acids is 2. The van der Waals surface area contributed by atoms with Crippen LogP contribution in [0.25, 0.3) is 0 Å². The zero-order valence-corrected chi connectivity index (χ0v) is 22.0. The zero-order valence-electron chi connectivity index (χ0n) is 22.0. The van der Waals surface area contributed by atoms with Crippen molar-refractivity contribution < 1.29 is 37.3 Å². The fraction of sp³-hybridized carbons (Fsp3) is 0.500. The average Bonchev–Trinajstić information content (AvgIpc) is 2.90. The van der Waals surface area contributed by atoms with Gasteiger partial charge in [-0.05, 0) is 62.6 Å². The van der Waals surface area contributed by atoms with E-state index in [1.165, 1.54) is 31.4 Å². The van der Waals surface area contributed by atoms with Crippen LogP contribution in [-0.4, -0.2) is 30.1 Å². The molecule has 1 N–H and O–H groups in total. The van der Waals surface area contributed by atoms with Gasteiger partial charge < -0.3 is 19.5 Å². The Morgan fingerprint density at radius 3 is 2.24 bits per heavy atom. The van der Waals surface area contributed by atoms with Gasteiger partial charge in [-0.15, -0.1) is 0 Å². The lowest BCUT2D eigenvalue weighted by Gasteiger charge is -2.33. The Labute approximate surface area is 216 Å². The second-order valence-electron chi connectivity index (χ2n) is 8.90. The SMILES string of the molecule is CC.COC(=O)c1cc(Oc2ccc(CO)cc2C(F)(F)F)ccc1N(C(=O)C1CCCCC1)C(C)C. The molecule has 9 heteroatoms. The van der Waals surface area contributed by atoms with Crippen molar-refractivity contribution in [2.24, 2.45) is 5.92 Å². The number of alkyl halides is 3. The lowest BCUT2D eigenvalue weighted by atomic mass is 9.87. The molecule has 0 aromatic heterocycles. The lowest BCUT2D eigenvalue weighted by Crippen LogP contribution is -2.42. The highest BCUT2D eigenvalue weighted by molar-refractivity contribution is 6.04. The van der Waals surface area contributed by atoms with E-state index in [4.69, 9.17) is 9.47 Å². The molecule has 0 spiro atoms. The highest BCUT2D eigenvalue weighted by Crippen LogP contribution is 2.40. The van der Waals surface area contributed by atoms with Crippen molar-refractivity contribution in [1.82, 2.24) is 0 Å². The summed E-state index contributed by atoms with van der Waals surface area (Å²) in [5, 5.41) is 9.21. The molecule has 0 atom stereocenters. The van der Waals surface area contributed by atoms with Crippen molar-refractivity contribution in [3.8, 4) is 11.5 Å². The van der Waals surface area contributed by atoms with Gasteiger partial charge in [-0.1, -0.05) is 39.2 Å². The Morgan fingerprint density at radius 2 is 1.70 bits per heavy atom. The molecule has 1 aliphatic rings. The van der Waals surface area contributed by atoms with Crippen LogP contribution in [0.4, 0.5) is 18.9 Å². The number of methoxy groups -OCH3 is 1. The topological polar surface area (TPSA) is 76.1 Å². The van der Waals surface area contributed by atoms with Gasteiger partial charge in [0.25, 0.3) is 0 Å². The summed E-state index contributed by atoms with van der Waals surface area (Å²) in [6.07, 6.45) is -0.135. The van der Waals surface area contributed by atoms with Gasteiger partial charge >= 0.3 is 12.1 Å². The molecule has 37 heavy (non-hydrogen) atoms. The molecule has 0 unspecified atom stereocenters. The van der Waals surface area contributed by atoms with Gasteiger partial charge in [-0.25, -0.2) is 4.79 Å². The predicted octanol–water partition coefficient (Wildman–Crippen LogP) is 7.12. The normalized spacial score (nSPS) is 14.0. The molecule has 2 aromatic rings. The number of hydrogen-bond acceptors (Lipinski definition) is 5. The summed E-state index contributed by atoms with van der Waals surface area (Å²) in [6.45, 7) is 7.12. The maximum absolute atomic E-state index is 13.6. The molecule has 1 fully saturated rings. The largest absolute Gasteiger partial charge is 0.465 e. The minimum Gasteiger partial charge on any atom is -0.465 e. The summed E-state index contributed by atoms with van der Waals surface area (Å²) < 4.78 is 51.2. The van der Waals surface area contributed by atoms with E-state index in [0.717, 1.165) is 44.2 Å². The molecular weight excluding hydrogens is 487 g/mol. The van der Waals surface area contributed by atoms with Crippen LogP contribution in [0.15, 0.2) is 36.4 Å². The third kappa shape index (κ3) is 7.47. The summed E-state index contributed by atoms with van der Waals surface area (Å²) in [5.41, 5.74) is -0.627. The summed E-state index contributed by atoms with van der Waals surface area (Å²) >= 11 is 0.